The monoisotopic (exact) mass is 238 g/mol. The van der Waals surface area contributed by atoms with E-state index in [4.69, 9.17) is 0 Å². The van der Waals surface area contributed by atoms with Gasteiger partial charge in [-0.3, -0.25) is 4.68 Å². The molecule has 0 atom stereocenters. The molecule has 5 nitrogen and oxygen atoms in total. The Kier molecular flexibility index (Phi) is 3.79. The van der Waals surface area contributed by atoms with E-state index in [1.165, 1.54) is 12.8 Å². The van der Waals surface area contributed by atoms with Crippen LogP contribution < -0.4 is 5.32 Å². The van der Waals surface area contributed by atoms with Crippen molar-refractivity contribution < 1.29 is 5.11 Å². The molecule has 1 heterocycles. The summed E-state index contributed by atoms with van der Waals surface area (Å²) in [6.45, 7) is 3.17. The number of nitrogens with one attached hydrogen (secondary N) is 1. The fourth-order valence-electron chi connectivity index (χ4n) is 2.46. The average Bonchev–Trinajstić information content (AvgIpc) is 2.75. The third-order valence-electron chi connectivity index (χ3n) is 3.83. The number of hydrogen-bond acceptors (Lipinski definition) is 4. The first-order chi connectivity index (χ1) is 8.13. The van der Waals surface area contributed by atoms with E-state index in [0.717, 1.165) is 24.5 Å². The quantitative estimate of drug-likeness (QED) is 0.816. The number of nitrogens with zero attached hydrogens (tertiary/aromatic N) is 3. The molecule has 1 aromatic heterocycles. The molecule has 0 bridgehead atoms. The van der Waals surface area contributed by atoms with Crippen LogP contribution in [0.2, 0.25) is 0 Å². The van der Waals surface area contributed by atoms with Crippen LogP contribution in [0.4, 0.5) is 0 Å². The fourth-order valence-corrected chi connectivity index (χ4v) is 2.46. The van der Waals surface area contributed by atoms with Crippen molar-refractivity contribution in [3.63, 3.8) is 0 Å². The molecule has 1 aliphatic rings. The zero-order valence-electron chi connectivity index (χ0n) is 10.7. The third kappa shape index (κ3) is 3.04. The summed E-state index contributed by atoms with van der Waals surface area (Å²) in [5, 5.41) is 21.0. The number of rotatable bonds is 4. The second-order valence-corrected chi connectivity index (χ2v) is 5.36. The largest absolute Gasteiger partial charge is 0.394 e. The molecule has 0 saturated heterocycles. The van der Waals surface area contributed by atoms with Crippen LogP contribution >= 0.6 is 0 Å². The smallest absolute Gasteiger partial charge is 0.0964 e. The molecule has 2 rings (SSSR count). The van der Waals surface area contributed by atoms with Gasteiger partial charge in [-0.1, -0.05) is 12.1 Å². The molecule has 5 heteroatoms. The zero-order chi connectivity index (χ0) is 12.3. The molecule has 0 unspecified atom stereocenters. The van der Waals surface area contributed by atoms with Crippen molar-refractivity contribution in [3.8, 4) is 0 Å². The van der Waals surface area contributed by atoms with Crippen molar-refractivity contribution in [2.45, 2.75) is 44.7 Å². The van der Waals surface area contributed by atoms with Gasteiger partial charge in [-0.15, -0.1) is 5.10 Å². The molecular weight excluding hydrogens is 216 g/mol. The van der Waals surface area contributed by atoms with Gasteiger partial charge in [-0.25, -0.2) is 0 Å². The molecular formula is C12H22N4O. The van der Waals surface area contributed by atoms with Gasteiger partial charge in [0.15, 0.2) is 0 Å². The van der Waals surface area contributed by atoms with Gasteiger partial charge in [0.2, 0.25) is 0 Å². The van der Waals surface area contributed by atoms with E-state index >= 15 is 0 Å². The van der Waals surface area contributed by atoms with Gasteiger partial charge >= 0.3 is 0 Å². The minimum Gasteiger partial charge on any atom is -0.394 e. The summed E-state index contributed by atoms with van der Waals surface area (Å²) in [4.78, 5) is 0. The van der Waals surface area contributed by atoms with Crippen molar-refractivity contribution in [2.75, 3.05) is 6.61 Å². The summed E-state index contributed by atoms with van der Waals surface area (Å²) in [6.07, 6.45) is 6.38. The maximum Gasteiger partial charge on any atom is 0.0964 e. The number of aliphatic hydroxyl groups is 1. The van der Waals surface area contributed by atoms with Crippen LogP contribution in [-0.2, 0) is 13.6 Å². The summed E-state index contributed by atoms with van der Waals surface area (Å²) < 4.78 is 1.70. The number of aromatic nitrogens is 3. The molecule has 1 aromatic rings. The predicted molar refractivity (Wildman–Crippen MR) is 65.3 cm³/mol. The first kappa shape index (κ1) is 12.5. The van der Waals surface area contributed by atoms with Crippen LogP contribution in [0, 0.1) is 5.92 Å². The Morgan fingerprint density at radius 3 is 2.76 bits per heavy atom. The van der Waals surface area contributed by atoms with Gasteiger partial charge in [-0.05, 0) is 31.6 Å². The Morgan fingerprint density at radius 1 is 1.53 bits per heavy atom. The van der Waals surface area contributed by atoms with Crippen LogP contribution in [0.3, 0.4) is 0 Å². The Bertz CT molecular complexity index is 355. The second-order valence-electron chi connectivity index (χ2n) is 5.36. The highest BCUT2D eigenvalue weighted by Gasteiger charge is 2.33. The van der Waals surface area contributed by atoms with E-state index in [1.54, 1.807) is 4.68 Å². The van der Waals surface area contributed by atoms with Gasteiger partial charge in [0, 0.05) is 25.3 Å². The lowest BCUT2D eigenvalue weighted by Crippen LogP contribution is -2.50. The van der Waals surface area contributed by atoms with Crippen molar-refractivity contribution in [2.24, 2.45) is 13.0 Å². The minimum atomic E-state index is -0.107. The SMILES string of the molecule is CC1CCC(CO)(NCc2cn(C)nn2)CC1. The predicted octanol–water partition coefficient (Wildman–Crippen LogP) is 0.846. The normalized spacial score (nSPS) is 29.5. The van der Waals surface area contributed by atoms with Crippen molar-refractivity contribution in [1.29, 1.82) is 0 Å². The molecule has 0 amide bonds. The first-order valence-electron chi connectivity index (χ1n) is 6.35. The third-order valence-corrected chi connectivity index (χ3v) is 3.83. The van der Waals surface area contributed by atoms with Crippen LogP contribution in [0.1, 0.15) is 38.3 Å². The molecule has 0 aromatic carbocycles. The molecule has 17 heavy (non-hydrogen) atoms. The van der Waals surface area contributed by atoms with E-state index in [-0.39, 0.29) is 12.1 Å². The van der Waals surface area contributed by atoms with Crippen LogP contribution in [0.15, 0.2) is 6.20 Å². The summed E-state index contributed by atoms with van der Waals surface area (Å²) in [7, 11) is 1.86. The zero-order valence-corrected chi connectivity index (χ0v) is 10.7. The lowest BCUT2D eigenvalue weighted by Gasteiger charge is -2.38. The molecule has 0 radical (unpaired) electrons. The Hall–Kier alpha value is -0.940. The highest BCUT2D eigenvalue weighted by Crippen LogP contribution is 2.31. The van der Waals surface area contributed by atoms with E-state index in [1.807, 2.05) is 13.2 Å². The van der Waals surface area contributed by atoms with E-state index in [0.29, 0.717) is 6.54 Å². The minimum absolute atomic E-state index is 0.107. The maximum absolute atomic E-state index is 9.61. The molecule has 1 fully saturated rings. The number of aliphatic hydroxyl groups excluding tert-OH is 1. The second kappa shape index (κ2) is 5.14. The topological polar surface area (TPSA) is 63.0 Å². The molecule has 2 N–H and O–H groups in total. The summed E-state index contributed by atoms with van der Waals surface area (Å²) in [5.74, 6) is 0.785. The number of hydrogen-bond donors (Lipinski definition) is 2. The Labute approximate surface area is 102 Å². The average molecular weight is 238 g/mol. The first-order valence-corrected chi connectivity index (χ1v) is 6.35. The summed E-state index contributed by atoms with van der Waals surface area (Å²) in [5.41, 5.74) is 0.822. The van der Waals surface area contributed by atoms with Gasteiger partial charge in [-0.2, -0.15) is 0 Å². The Morgan fingerprint density at radius 2 is 2.24 bits per heavy atom. The lowest BCUT2D eigenvalue weighted by molar-refractivity contribution is 0.104. The fraction of sp³-hybridized carbons (Fsp3) is 0.833. The molecule has 0 aliphatic heterocycles. The van der Waals surface area contributed by atoms with E-state index < -0.39 is 0 Å². The molecule has 0 spiro atoms. The van der Waals surface area contributed by atoms with Crippen molar-refractivity contribution in [3.05, 3.63) is 11.9 Å². The van der Waals surface area contributed by atoms with Gasteiger partial charge in [0.05, 0.1) is 12.3 Å². The van der Waals surface area contributed by atoms with E-state index in [9.17, 15) is 5.11 Å². The van der Waals surface area contributed by atoms with Gasteiger partial charge in [0.25, 0.3) is 0 Å². The summed E-state index contributed by atoms with van der Waals surface area (Å²) >= 11 is 0. The van der Waals surface area contributed by atoms with Crippen LogP contribution in [0.25, 0.3) is 0 Å². The summed E-state index contributed by atoms with van der Waals surface area (Å²) in [6, 6.07) is 0. The standard InChI is InChI=1S/C12H22N4O/c1-10-3-5-12(9-17,6-4-10)13-7-11-8-16(2)15-14-11/h8,10,13,17H,3-7,9H2,1-2H3. The lowest BCUT2D eigenvalue weighted by atomic mass is 9.77. The van der Waals surface area contributed by atoms with Gasteiger partial charge in [0.1, 0.15) is 0 Å². The van der Waals surface area contributed by atoms with Gasteiger partial charge < -0.3 is 10.4 Å². The van der Waals surface area contributed by atoms with Crippen molar-refractivity contribution >= 4 is 0 Å². The molecule has 96 valence electrons. The maximum atomic E-state index is 9.61. The Balaban J connectivity index is 1.91. The van der Waals surface area contributed by atoms with Crippen LogP contribution in [0.5, 0.6) is 0 Å². The highest BCUT2D eigenvalue weighted by molar-refractivity contribution is 4.97. The highest BCUT2D eigenvalue weighted by atomic mass is 16.3. The number of aryl methyl sites for hydroxylation is 1. The van der Waals surface area contributed by atoms with Crippen LogP contribution in [-0.4, -0.2) is 32.2 Å². The molecule has 1 saturated carbocycles. The van der Waals surface area contributed by atoms with Crippen molar-refractivity contribution in [1.82, 2.24) is 20.3 Å². The van der Waals surface area contributed by atoms with E-state index in [2.05, 4.69) is 22.6 Å². The molecule has 1 aliphatic carbocycles.